The Kier molecular flexibility index (Phi) is 4.61. The van der Waals surface area contributed by atoms with Crippen molar-refractivity contribution in [2.45, 2.75) is 25.3 Å². The average Bonchev–Trinajstić information content (AvgIpc) is 2.71. The number of pyridine rings is 2. The number of hydrogen-bond donors (Lipinski definition) is 0. The van der Waals surface area contributed by atoms with Crippen LogP contribution in [0.15, 0.2) is 46.2 Å². The second-order valence-corrected chi connectivity index (χ2v) is 7.25. The maximum atomic E-state index is 12.3. The fourth-order valence-electron chi connectivity index (χ4n) is 3.89. The summed E-state index contributed by atoms with van der Waals surface area (Å²) in [7, 11) is 3.16. The number of piperidine rings is 1. The van der Waals surface area contributed by atoms with Crippen molar-refractivity contribution in [1.82, 2.24) is 24.0 Å². The normalized spacial score (nSPS) is 18.1. The molecule has 4 heterocycles. The van der Waals surface area contributed by atoms with E-state index in [0.29, 0.717) is 17.0 Å². The van der Waals surface area contributed by atoms with E-state index in [1.165, 1.54) is 17.2 Å². The zero-order valence-corrected chi connectivity index (χ0v) is 15.6. The molecular formula is C20H23N5O2. The van der Waals surface area contributed by atoms with Crippen LogP contribution in [-0.2, 0) is 20.6 Å². The highest BCUT2D eigenvalue weighted by Crippen LogP contribution is 2.27. The zero-order chi connectivity index (χ0) is 19.0. The monoisotopic (exact) mass is 365 g/mol. The molecule has 27 heavy (non-hydrogen) atoms. The van der Waals surface area contributed by atoms with Crippen molar-refractivity contribution >= 4 is 11.0 Å². The summed E-state index contributed by atoms with van der Waals surface area (Å²) in [5.74, 6) is 0.291. The number of aryl methyl sites for hydroxylation is 1. The van der Waals surface area contributed by atoms with Gasteiger partial charge in [0.15, 0.2) is 0 Å². The summed E-state index contributed by atoms with van der Waals surface area (Å²) < 4.78 is 2.58. The molecule has 4 rings (SSSR count). The van der Waals surface area contributed by atoms with Gasteiger partial charge in [0.25, 0.3) is 5.56 Å². The number of rotatable bonds is 3. The fraction of sp³-hybridized carbons (Fsp3) is 0.400. The van der Waals surface area contributed by atoms with Gasteiger partial charge in [-0.05, 0) is 43.1 Å². The van der Waals surface area contributed by atoms with E-state index in [9.17, 15) is 9.59 Å². The standard InChI is InChI=1S/C20H23N5O2/c1-23-18-16(19(26)24(2)20(23)27)7-8-17(22-18)15-6-4-10-25(13-15)12-14-5-3-9-21-11-14/h3,5,7-9,11,15H,4,6,10,12-13H2,1-2H3. The number of likely N-dealkylation sites (tertiary alicyclic amines) is 1. The molecule has 1 saturated heterocycles. The number of aromatic nitrogens is 4. The first-order valence-corrected chi connectivity index (χ1v) is 9.22. The lowest BCUT2D eigenvalue weighted by Crippen LogP contribution is -2.38. The van der Waals surface area contributed by atoms with Crippen LogP contribution in [-0.4, -0.2) is 37.1 Å². The highest BCUT2D eigenvalue weighted by molar-refractivity contribution is 5.74. The Hall–Kier alpha value is -2.80. The van der Waals surface area contributed by atoms with E-state index in [2.05, 4.69) is 16.0 Å². The molecule has 140 valence electrons. The minimum absolute atomic E-state index is 0.291. The number of hydrogen-bond acceptors (Lipinski definition) is 5. The summed E-state index contributed by atoms with van der Waals surface area (Å²) in [6.07, 6.45) is 5.85. The molecule has 0 aliphatic carbocycles. The lowest BCUT2D eigenvalue weighted by molar-refractivity contribution is 0.198. The lowest BCUT2D eigenvalue weighted by Gasteiger charge is -2.32. The Morgan fingerprint density at radius 3 is 2.78 bits per heavy atom. The first-order valence-electron chi connectivity index (χ1n) is 9.22. The molecule has 0 radical (unpaired) electrons. The van der Waals surface area contributed by atoms with Crippen LogP contribution >= 0.6 is 0 Å². The molecule has 0 N–H and O–H groups in total. The van der Waals surface area contributed by atoms with Crippen LogP contribution in [0.1, 0.15) is 30.0 Å². The summed E-state index contributed by atoms with van der Waals surface area (Å²) >= 11 is 0. The van der Waals surface area contributed by atoms with Gasteiger partial charge in [-0.25, -0.2) is 9.78 Å². The summed E-state index contributed by atoms with van der Waals surface area (Å²) in [5, 5.41) is 0.478. The van der Waals surface area contributed by atoms with Crippen molar-refractivity contribution in [3.8, 4) is 0 Å². The Morgan fingerprint density at radius 1 is 1.15 bits per heavy atom. The van der Waals surface area contributed by atoms with E-state index in [1.807, 2.05) is 18.3 Å². The molecule has 1 unspecified atom stereocenters. The molecule has 3 aromatic heterocycles. The van der Waals surface area contributed by atoms with Crippen LogP contribution in [0.4, 0.5) is 0 Å². The van der Waals surface area contributed by atoms with Crippen LogP contribution in [0, 0.1) is 0 Å². The highest BCUT2D eigenvalue weighted by atomic mass is 16.2. The Bertz CT molecular complexity index is 1090. The Labute approximate surface area is 156 Å². The molecule has 1 aliphatic rings. The van der Waals surface area contributed by atoms with E-state index < -0.39 is 0 Å². The van der Waals surface area contributed by atoms with Crippen molar-refractivity contribution in [3.05, 3.63) is 68.8 Å². The van der Waals surface area contributed by atoms with Gasteiger partial charge in [-0.2, -0.15) is 0 Å². The van der Waals surface area contributed by atoms with Crippen molar-refractivity contribution < 1.29 is 0 Å². The van der Waals surface area contributed by atoms with Gasteiger partial charge < -0.3 is 0 Å². The Balaban J connectivity index is 1.64. The summed E-state index contributed by atoms with van der Waals surface area (Å²) in [6.45, 7) is 2.83. The largest absolute Gasteiger partial charge is 0.332 e. The summed E-state index contributed by atoms with van der Waals surface area (Å²) in [4.78, 5) is 35.9. The summed E-state index contributed by atoms with van der Waals surface area (Å²) in [6, 6.07) is 7.80. The predicted molar refractivity (Wildman–Crippen MR) is 104 cm³/mol. The van der Waals surface area contributed by atoms with Gasteiger partial charge in [0.2, 0.25) is 0 Å². The van der Waals surface area contributed by atoms with E-state index in [4.69, 9.17) is 4.98 Å². The van der Waals surface area contributed by atoms with Crippen molar-refractivity contribution in [2.75, 3.05) is 13.1 Å². The molecule has 0 aromatic carbocycles. The van der Waals surface area contributed by atoms with Crippen LogP contribution < -0.4 is 11.2 Å². The van der Waals surface area contributed by atoms with Gasteiger partial charge in [0.05, 0.1) is 5.39 Å². The maximum Gasteiger partial charge on any atom is 0.332 e. The first kappa shape index (κ1) is 17.6. The van der Waals surface area contributed by atoms with Crippen LogP contribution in [0.2, 0.25) is 0 Å². The van der Waals surface area contributed by atoms with Gasteiger partial charge >= 0.3 is 5.69 Å². The molecule has 0 bridgehead atoms. The van der Waals surface area contributed by atoms with Crippen molar-refractivity contribution in [2.24, 2.45) is 14.1 Å². The molecule has 0 amide bonds. The maximum absolute atomic E-state index is 12.3. The zero-order valence-electron chi connectivity index (χ0n) is 15.6. The van der Waals surface area contributed by atoms with E-state index in [0.717, 1.165) is 42.7 Å². The minimum Gasteiger partial charge on any atom is -0.298 e. The van der Waals surface area contributed by atoms with Gasteiger partial charge in [-0.15, -0.1) is 0 Å². The highest BCUT2D eigenvalue weighted by Gasteiger charge is 2.23. The first-order chi connectivity index (χ1) is 13.0. The quantitative estimate of drug-likeness (QED) is 0.702. The molecule has 1 atom stereocenters. The topological polar surface area (TPSA) is 73.0 Å². The molecular weight excluding hydrogens is 342 g/mol. The number of nitrogens with zero attached hydrogens (tertiary/aromatic N) is 5. The molecule has 1 aliphatic heterocycles. The molecule has 0 spiro atoms. The molecule has 7 heteroatoms. The molecule has 7 nitrogen and oxygen atoms in total. The second kappa shape index (κ2) is 7.08. The SMILES string of the molecule is Cn1c(=O)c2ccc(C3CCCN(Cc4cccnc4)C3)nc2n(C)c1=O. The smallest absolute Gasteiger partial charge is 0.298 e. The van der Waals surface area contributed by atoms with Crippen LogP contribution in [0.5, 0.6) is 0 Å². The van der Waals surface area contributed by atoms with E-state index >= 15 is 0 Å². The third-order valence-corrected chi connectivity index (χ3v) is 5.38. The predicted octanol–water partition coefficient (Wildman–Crippen LogP) is 1.41. The van der Waals surface area contributed by atoms with Crippen molar-refractivity contribution in [3.63, 3.8) is 0 Å². The van der Waals surface area contributed by atoms with Crippen LogP contribution in [0.25, 0.3) is 11.0 Å². The third-order valence-electron chi connectivity index (χ3n) is 5.38. The average molecular weight is 365 g/mol. The van der Waals surface area contributed by atoms with Gasteiger partial charge in [0, 0.05) is 51.2 Å². The third kappa shape index (κ3) is 3.30. The second-order valence-electron chi connectivity index (χ2n) is 7.25. The van der Waals surface area contributed by atoms with Gasteiger partial charge in [-0.1, -0.05) is 6.07 Å². The number of fused-ring (bicyclic) bond motifs is 1. The minimum atomic E-state index is -0.348. The Morgan fingerprint density at radius 2 is 2.00 bits per heavy atom. The molecule has 1 fully saturated rings. The van der Waals surface area contributed by atoms with Crippen molar-refractivity contribution in [1.29, 1.82) is 0 Å². The van der Waals surface area contributed by atoms with E-state index in [1.54, 1.807) is 19.3 Å². The fourth-order valence-corrected chi connectivity index (χ4v) is 3.89. The van der Waals surface area contributed by atoms with Crippen LogP contribution in [0.3, 0.4) is 0 Å². The van der Waals surface area contributed by atoms with Gasteiger partial charge in [-0.3, -0.25) is 23.8 Å². The van der Waals surface area contributed by atoms with Gasteiger partial charge in [0.1, 0.15) is 5.65 Å². The molecule has 0 saturated carbocycles. The summed E-state index contributed by atoms with van der Waals surface area (Å²) in [5.41, 5.74) is 1.97. The van der Waals surface area contributed by atoms with E-state index in [-0.39, 0.29) is 11.2 Å². The molecule has 3 aromatic rings. The lowest BCUT2D eigenvalue weighted by atomic mass is 9.94.